The fourth-order valence-corrected chi connectivity index (χ4v) is 5.98. The number of hydrogen-bond donors (Lipinski definition) is 3. The van der Waals surface area contributed by atoms with E-state index in [1.807, 2.05) is 44.2 Å². The van der Waals surface area contributed by atoms with Gasteiger partial charge < -0.3 is 25.3 Å². The molecule has 4 aromatic rings. The third-order valence-electron chi connectivity index (χ3n) is 7.27. The number of aromatic nitrogens is 4. The summed E-state index contributed by atoms with van der Waals surface area (Å²) >= 11 is 1.28. The number of aryl methyl sites for hydroxylation is 2. The van der Waals surface area contributed by atoms with Crippen molar-refractivity contribution in [1.29, 1.82) is 0 Å². The number of amides is 4. The van der Waals surface area contributed by atoms with Crippen molar-refractivity contribution in [3.05, 3.63) is 87.3 Å². The fourth-order valence-electron chi connectivity index (χ4n) is 5.12. The predicted molar refractivity (Wildman–Crippen MR) is 165 cm³/mol. The monoisotopic (exact) mass is 632 g/mol. The molecule has 0 aliphatic carbocycles. The summed E-state index contributed by atoms with van der Waals surface area (Å²) < 4.78 is 7.29. The van der Waals surface area contributed by atoms with E-state index in [1.54, 1.807) is 25.5 Å². The van der Waals surface area contributed by atoms with Gasteiger partial charge in [0.1, 0.15) is 23.0 Å². The van der Waals surface area contributed by atoms with Gasteiger partial charge in [0.15, 0.2) is 5.69 Å². The van der Waals surface area contributed by atoms with Crippen LogP contribution < -0.4 is 16.0 Å². The Morgan fingerprint density at radius 3 is 2.56 bits per heavy atom. The topological polar surface area (TPSA) is 164 Å². The highest BCUT2D eigenvalue weighted by atomic mass is 32.1. The number of nitrogens with one attached hydrogen (secondary N) is 3. The number of hydrogen-bond acceptors (Lipinski definition) is 9. The van der Waals surface area contributed by atoms with Gasteiger partial charge in [-0.3, -0.25) is 23.9 Å². The number of fused-ring (bicyclic) bond motifs is 4. The van der Waals surface area contributed by atoms with E-state index in [9.17, 15) is 19.2 Å². The number of oxazole rings is 1. The molecule has 2 atom stereocenters. The first-order valence-corrected chi connectivity index (χ1v) is 15.6. The van der Waals surface area contributed by atoms with Gasteiger partial charge in [0.25, 0.3) is 17.7 Å². The second-order valence-electron chi connectivity index (χ2n) is 11.4. The van der Waals surface area contributed by atoms with E-state index in [0.29, 0.717) is 29.1 Å². The van der Waals surface area contributed by atoms with E-state index >= 15 is 0 Å². The molecule has 0 fully saturated rings. The number of carbonyl (C=O) groups is 4. The van der Waals surface area contributed by atoms with Gasteiger partial charge in [-0.05, 0) is 24.8 Å². The number of rotatable bonds is 5. The largest absolute Gasteiger partial charge is 0.446 e. The summed E-state index contributed by atoms with van der Waals surface area (Å²) in [6.07, 6.45) is 3.78. The molecular formula is C31H36N8O5S. The summed E-state index contributed by atoms with van der Waals surface area (Å²) in [5.74, 6) is -1.38. The van der Waals surface area contributed by atoms with Crippen molar-refractivity contribution in [1.82, 2.24) is 40.6 Å². The van der Waals surface area contributed by atoms with Crippen molar-refractivity contribution in [2.24, 2.45) is 13.0 Å². The third-order valence-corrected chi connectivity index (χ3v) is 8.23. The van der Waals surface area contributed by atoms with Gasteiger partial charge in [-0.2, -0.15) is 5.10 Å². The average Bonchev–Trinajstić information content (AvgIpc) is 3.76. The van der Waals surface area contributed by atoms with Crippen LogP contribution in [0.5, 0.6) is 0 Å². The molecule has 0 radical (unpaired) electrons. The highest BCUT2D eigenvalue weighted by molar-refractivity contribution is 7.09. The van der Waals surface area contributed by atoms with Crippen LogP contribution in [0, 0.1) is 12.8 Å². The summed E-state index contributed by atoms with van der Waals surface area (Å²) in [5.41, 5.74) is 2.02. The smallest absolute Gasteiger partial charge is 0.273 e. The molecule has 0 unspecified atom stereocenters. The van der Waals surface area contributed by atoms with Gasteiger partial charge in [-0.15, -0.1) is 11.3 Å². The quantitative estimate of drug-likeness (QED) is 0.302. The lowest BCUT2D eigenvalue weighted by Gasteiger charge is -2.24. The highest BCUT2D eigenvalue weighted by Crippen LogP contribution is 2.26. The average molecular weight is 633 g/mol. The van der Waals surface area contributed by atoms with Crippen molar-refractivity contribution in [2.45, 2.75) is 45.7 Å². The molecular weight excluding hydrogens is 596 g/mol. The molecule has 14 heteroatoms. The van der Waals surface area contributed by atoms with Crippen LogP contribution in [0.15, 0.2) is 52.6 Å². The first-order valence-electron chi connectivity index (χ1n) is 14.7. The Kier molecular flexibility index (Phi) is 9.71. The van der Waals surface area contributed by atoms with Crippen molar-refractivity contribution >= 4 is 35.0 Å². The molecule has 4 bridgehead atoms. The molecule has 4 heterocycles. The van der Waals surface area contributed by atoms with Gasteiger partial charge in [0, 0.05) is 38.1 Å². The van der Waals surface area contributed by atoms with E-state index in [4.69, 9.17) is 4.42 Å². The Labute approximate surface area is 264 Å². The van der Waals surface area contributed by atoms with E-state index in [-0.39, 0.29) is 42.8 Å². The molecule has 3 N–H and O–H groups in total. The maximum Gasteiger partial charge on any atom is 0.273 e. The lowest BCUT2D eigenvalue weighted by Crippen LogP contribution is -2.45. The van der Waals surface area contributed by atoms with Crippen LogP contribution in [0.2, 0.25) is 0 Å². The van der Waals surface area contributed by atoms with Crippen LogP contribution in [0.1, 0.15) is 85.8 Å². The van der Waals surface area contributed by atoms with Crippen LogP contribution in [0.3, 0.4) is 0 Å². The Bertz CT molecular complexity index is 1680. The van der Waals surface area contributed by atoms with Gasteiger partial charge in [-0.25, -0.2) is 9.97 Å². The molecule has 0 spiro atoms. The van der Waals surface area contributed by atoms with Gasteiger partial charge in [0.05, 0.1) is 23.8 Å². The van der Waals surface area contributed by atoms with Crippen molar-refractivity contribution < 1.29 is 23.6 Å². The molecule has 236 valence electrons. The number of thiazole rings is 1. The van der Waals surface area contributed by atoms with E-state index in [2.05, 4.69) is 31.0 Å². The fraction of sp³-hybridized carbons (Fsp3) is 0.387. The zero-order valence-corrected chi connectivity index (χ0v) is 26.4. The third kappa shape index (κ3) is 7.81. The minimum atomic E-state index is -0.731. The first-order chi connectivity index (χ1) is 21.6. The van der Waals surface area contributed by atoms with E-state index < -0.39 is 35.7 Å². The normalized spacial score (nSPS) is 18.2. The number of nitrogens with zero attached hydrogens (tertiary/aromatic N) is 5. The molecule has 4 amide bonds. The molecule has 45 heavy (non-hydrogen) atoms. The summed E-state index contributed by atoms with van der Waals surface area (Å²) in [6, 6.07) is 8.30. The molecule has 5 rings (SSSR count). The summed E-state index contributed by atoms with van der Waals surface area (Å²) in [4.78, 5) is 63.8. The zero-order chi connectivity index (χ0) is 32.1. The predicted octanol–water partition coefficient (Wildman–Crippen LogP) is 2.98. The van der Waals surface area contributed by atoms with Gasteiger partial charge in [-0.1, -0.05) is 44.2 Å². The van der Waals surface area contributed by atoms with Crippen LogP contribution in [0.4, 0.5) is 0 Å². The first kappa shape index (κ1) is 31.6. The van der Waals surface area contributed by atoms with Crippen molar-refractivity contribution in [3.63, 3.8) is 0 Å². The summed E-state index contributed by atoms with van der Waals surface area (Å²) in [6.45, 7) is 5.61. The standard InChI is InChI=1S/C31H36N8O5S/c1-18(2)12-23-30-36-25(17-45-30)27(41)32-10-11-39(31(43)21-14-38(4)37-19(21)3)15-26(40)33-22(13-20-8-6-5-7-9-20)29-35-24(16-44-29)28(42)34-23/h5-9,14,16-18,22-23H,10-13,15H2,1-4H3,(H,32,41)(H,33,40)(H,34,42)/t22-,23-/m0/s1. The second-order valence-corrected chi connectivity index (χ2v) is 12.3. The molecule has 1 aliphatic heterocycles. The second kappa shape index (κ2) is 13.8. The van der Waals surface area contributed by atoms with E-state index in [1.165, 1.54) is 27.2 Å². The number of benzene rings is 1. The minimum Gasteiger partial charge on any atom is -0.446 e. The molecule has 0 saturated carbocycles. The molecule has 1 aromatic carbocycles. The molecule has 1 aliphatic rings. The Hall–Kier alpha value is -4.85. The van der Waals surface area contributed by atoms with Crippen LogP contribution in [-0.2, 0) is 18.3 Å². The summed E-state index contributed by atoms with van der Waals surface area (Å²) in [5, 5.41) is 15.2. The maximum absolute atomic E-state index is 13.6. The molecule has 0 saturated heterocycles. The zero-order valence-electron chi connectivity index (χ0n) is 25.6. The summed E-state index contributed by atoms with van der Waals surface area (Å²) in [7, 11) is 1.71. The lowest BCUT2D eigenvalue weighted by molar-refractivity contribution is -0.122. The van der Waals surface area contributed by atoms with Crippen molar-refractivity contribution in [2.75, 3.05) is 19.6 Å². The van der Waals surface area contributed by atoms with E-state index in [0.717, 1.165) is 5.56 Å². The van der Waals surface area contributed by atoms with Gasteiger partial charge in [0.2, 0.25) is 11.8 Å². The van der Waals surface area contributed by atoms with Crippen LogP contribution >= 0.6 is 11.3 Å². The Morgan fingerprint density at radius 2 is 1.84 bits per heavy atom. The lowest BCUT2D eigenvalue weighted by atomic mass is 10.0. The number of carbonyl (C=O) groups excluding carboxylic acids is 4. The van der Waals surface area contributed by atoms with Gasteiger partial charge >= 0.3 is 0 Å². The molecule has 13 nitrogen and oxygen atoms in total. The Morgan fingerprint density at radius 1 is 1.07 bits per heavy atom. The highest BCUT2D eigenvalue weighted by Gasteiger charge is 2.28. The Balaban J connectivity index is 1.49. The van der Waals surface area contributed by atoms with Crippen molar-refractivity contribution in [3.8, 4) is 0 Å². The molecule has 3 aromatic heterocycles. The maximum atomic E-state index is 13.6. The minimum absolute atomic E-state index is 0.0468. The van der Waals surface area contributed by atoms with Crippen LogP contribution in [0.25, 0.3) is 0 Å². The SMILES string of the molecule is Cc1nn(C)cc1C(=O)N1CCNC(=O)c2csc(n2)[C@H](CC(C)C)NC(=O)c2coc(n2)[C@H](Cc2ccccc2)NC(=O)C1. The van der Waals surface area contributed by atoms with Crippen LogP contribution in [-0.4, -0.2) is 67.9 Å².